The van der Waals surface area contributed by atoms with Gasteiger partial charge in [-0.15, -0.1) is 0 Å². The van der Waals surface area contributed by atoms with Crippen LogP contribution in [0.5, 0.6) is 0 Å². The molecule has 5 heteroatoms. The number of hydrogen-bond acceptors (Lipinski definition) is 5. The molecule has 0 aromatic heterocycles. The third kappa shape index (κ3) is 4.64. The maximum absolute atomic E-state index is 12.8. The van der Waals surface area contributed by atoms with E-state index in [1.807, 2.05) is 0 Å². The van der Waals surface area contributed by atoms with Crippen LogP contribution in [0.4, 0.5) is 0 Å². The molecular weight excluding hydrogens is 548 g/mol. The third-order valence-corrected chi connectivity index (χ3v) is 14.6. The van der Waals surface area contributed by atoms with Crippen molar-refractivity contribution in [2.75, 3.05) is 19.8 Å². The Hall–Kier alpha value is -2.14. The number of rotatable bonds is 1. The fourth-order valence-electron chi connectivity index (χ4n) is 12.1. The van der Waals surface area contributed by atoms with Crippen LogP contribution < -0.4 is 0 Å². The summed E-state index contributed by atoms with van der Waals surface area (Å²) in [4.78, 5) is 25.7. The van der Waals surface area contributed by atoms with E-state index in [1.54, 1.807) is 24.3 Å². The first-order valence-corrected chi connectivity index (χ1v) is 17.9. The Balaban J connectivity index is 1.17. The number of hydrogen-bond donors (Lipinski definition) is 0. The summed E-state index contributed by atoms with van der Waals surface area (Å²) in [5.74, 6) is 4.26. The summed E-state index contributed by atoms with van der Waals surface area (Å²) < 4.78 is 18.2. The summed E-state index contributed by atoms with van der Waals surface area (Å²) in [6, 6.07) is 6.64. The summed E-state index contributed by atoms with van der Waals surface area (Å²) >= 11 is 0. The van der Waals surface area contributed by atoms with Crippen LogP contribution in [-0.2, 0) is 14.2 Å². The molecule has 8 rings (SSSR count). The Bertz CT molecular complexity index is 1290. The van der Waals surface area contributed by atoms with Crippen molar-refractivity contribution in [3.8, 4) is 0 Å². The Labute approximate surface area is 264 Å². The summed E-state index contributed by atoms with van der Waals surface area (Å²) in [5.41, 5.74) is 1.99. The van der Waals surface area contributed by atoms with Gasteiger partial charge in [0.1, 0.15) is 6.61 Å². The molecule has 1 aromatic carbocycles. The smallest absolute Gasteiger partial charge is 0.338 e. The van der Waals surface area contributed by atoms with Crippen LogP contribution in [0.25, 0.3) is 0 Å². The quantitative estimate of drug-likeness (QED) is 0.238. The molecule has 12 atom stereocenters. The molecule has 5 saturated carbocycles. The van der Waals surface area contributed by atoms with Gasteiger partial charge in [0, 0.05) is 5.41 Å². The molecule has 0 amide bonds. The zero-order chi connectivity index (χ0) is 30.9. The number of ether oxygens (including phenoxy) is 3. The van der Waals surface area contributed by atoms with E-state index in [0.717, 1.165) is 30.1 Å². The van der Waals surface area contributed by atoms with Crippen molar-refractivity contribution in [3.05, 3.63) is 47.5 Å². The monoisotopic (exact) mass is 602 g/mol. The molecule has 240 valence electrons. The SMILES string of the molecule is CC[C@H]1/C=C\[C@@H](C)[C@H]2CC[C@H]3[C@@H]4C[C@@H](OCCOC(=O)c5ccc(cc5)C(=O)OCC1C)[C@]15C[C@H]1CC[C@]5(C)[C@H]4CC[C@]23C. The minimum absolute atomic E-state index is 0.232. The number of esters is 2. The lowest BCUT2D eigenvalue weighted by molar-refractivity contribution is -0.170. The summed E-state index contributed by atoms with van der Waals surface area (Å²) in [5, 5.41) is 0. The van der Waals surface area contributed by atoms with E-state index in [9.17, 15) is 9.59 Å². The number of allylic oxidation sites excluding steroid dienone is 2. The maximum Gasteiger partial charge on any atom is 0.338 e. The Morgan fingerprint density at radius 1 is 0.818 bits per heavy atom. The minimum atomic E-state index is -0.371. The molecule has 1 aromatic rings. The van der Waals surface area contributed by atoms with Gasteiger partial charge in [-0.1, -0.05) is 46.8 Å². The van der Waals surface area contributed by atoms with Gasteiger partial charge in [-0.05, 0) is 140 Å². The van der Waals surface area contributed by atoms with Crippen molar-refractivity contribution in [1.29, 1.82) is 0 Å². The van der Waals surface area contributed by atoms with E-state index >= 15 is 0 Å². The van der Waals surface area contributed by atoms with Crippen LogP contribution in [0.2, 0.25) is 0 Å². The van der Waals surface area contributed by atoms with Gasteiger partial charge in [-0.2, -0.15) is 0 Å². The zero-order valence-electron chi connectivity index (χ0n) is 27.7. The van der Waals surface area contributed by atoms with Crippen molar-refractivity contribution in [1.82, 2.24) is 0 Å². The largest absolute Gasteiger partial charge is 0.462 e. The van der Waals surface area contributed by atoms with E-state index in [2.05, 4.69) is 46.8 Å². The van der Waals surface area contributed by atoms with E-state index in [1.165, 1.54) is 51.4 Å². The summed E-state index contributed by atoms with van der Waals surface area (Å²) in [6.07, 6.45) is 16.9. The molecule has 0 radical (unpaired) electrons. The van der Waals surface area contributed by atoms with Gasteiger partial charge >= 0.3 is 11.9 Å². The summed E-state index contributed by atoms with van der Waals surface area (Å²) in [6.45, 7) is 13.3. The number of fused-ring (bicyclic) bond motifs is 13. The van der Waals surface area contributed by atoms with E-state index in [-0.39, 0.29) is 30.6 Å². The highest BCUT2D eigenvalue weighted by Gasteiger charge is 2.77. The lowest BCUT2D eigenvalue weighted by Crippen LogP contribution is -2.57. The predicted octanol–water partition coefficient (Wildman–Crippen LogP) is 8.52. The second kappa shape index (κ2) is 11.3. The summed E-state index contributed by atoms with van der Waals surface area (Å²) in [7, 11) is 0. The Morgan fingerprint density at radius 3 is 2.23 bits per heavy atom. The van der Waals surface area contributed by atoms with Crippen LogP contribution in [0.3, 0.4) is 0 Å². The Morgan fingerprint density at radius 2 is 1.52 bits per heavy atom. The molecule has 7 bridgehead atoms. The molecule has 0 saturated heterocycles. The maximum atomic E-state index is 12.8. The van der Waals surface area contributed by atoms with Gasteiger partial charge < -0.3 is 14.2 Å². The van der Waals surface area contributed by atoms with Crippen LogP contribution in [0.15, 0.2) is 36.4 Å². The topological polar surface area (TPSA) is 61.8 Å². The Kier molecular flexibility index (Phi) is 7.82. The van der Waals surface area contributed by atoms with Crippen molar-refractivity contribution in [2.24, 2.45) is 63.6 Å². The van der Waals surface area contributed by atoms with Crippen molar-refractivity contribution >= 4 is 11.9 Å². The highest BCUT2D eigenvalue weighted by molar-refractivity contribution is 5.93. The molecule has 5 aliphatic carbocycles. The first-order valence-electron chi connectivity index (χ1n) is 17.9. The van der Waals surface area contributed by atoms with Crippen molar-refractivity contribution < 1.29 is 23.8 Å². The van der Waals surface area contributed by atoms with Crippen LogP contribution in [0.1, 0.15) is 113 Å². The standard InChI is InChI=1S/C39H54O5/c1-6-26-8-7-24(2)31-13-14-32-30-21-34(39-22-29(39)15-18-38(39,5)33(30)16-17-37(31,32)4)42-19-20-43-35(40)27-9-11-28(12-10-27)36(41)44-23-25(26)3/h7-12,24-26,29-34H,6,13-23H2,1-5H3/b8-7-/t24-,25?,26+,29-,30+,31-,32+,33+,34-,37-,38-,39+/m1/s1. The van der Waals surface area contributed by atoms with Gasteiger partial charge in [0.05, 0.1) is 30.4 Å². The van der Waals surface area contributed by atoms with Crippen LogP contribution in [-0.4, -0.2) is 37.9 Å². The zero-order valence-corrected chi connectivity index (χ0v) is 27.7. The molecule has 44 heavy (non-hydrogen) atoms. The first kappa shape index (κ1) is 30.5. The molecule has 5 nitrogen and oxygen atoms in total. The molecule has 7 aliphatic rings. The lowest BCUT2D eigenvalue weighted by Gasteiger charge is -2.61. The predicted molar refractivity (Wildman–Crippen MR) is 171 cm³/mol. The molecule has 2 heterocycles. The molecule has 2 aliphatic heterocycles. The van der Waals surface area contributed by atoms with Crippen LogP contribution >= 0.6 is 0 Å². The van der Waals surface area contributed by atoms with E-state index in [0.29, 0.717) is 58.3 Å². The highest BCUT2D eigenvalue weighted by atomic mass is 16.6. The average molecular weight is 603 g/mol. The van der Waals surface area contributed by atoms with Gasteiger partial charge in [0.2, 0.25) is 0 Å². The van der Waals surface area contributed by atoms with Crippen molar-refractivity contribution in [2.45, 2.75) is 98.5 Å². The first-order chi connectivity index (χ1) is 21.1. The normalized spacial score (nSPS) is 47.8. The minimum Gasteiger partial charge on any atom is -0.462 e. The van der Waals surface area contributed by atoms with E-state index < -0.39 is 0 Å². The third-order valence-electron chi connectivity index (χ3n) is 14.6. The van der Waals surface area contributed by atoms with Gasteiger partial charge in [-0.25, -0.2) is 9.59 Å². The number of carbonyl (C=O) groups excluding carboxylic acids is 2. The molecule has 1 unspecified atom stereocenters. The number of benzene rings is 1. The van der Waals surface area contributed by atoms with E-state index in [4.69, 9.17) is 14.2 Å². The second-order valence-corrected chi connectivity index (χ2v) is 16.2. The average Bonchev–Trinajstić information content (AvgIpc) is 3.53. The van der Waals surface area contributed by atoms with Crippen molar-refractivity contribution in [3.63, 3.8) is 0 Å². The molecule has 5 fully saturated rings. The fraction of sp³-hybridized carbons (Fsp3) is 0.744. The fourth-order valence-corrected chi connectivity index (χ4v) is 12.1. The number of carbonyl (C=O) groups is 2. The van der Waals surface area contributed by atoms with Crippen LogP contribution in [0, 0.1) is 63.6 Å². The molecule has 1 spiro atoms. The van der Waals surface area contributed by atoms with Gasteiger partial charge in [0.15, 0.2) is 0 Å². The lowest BCUT2D eigenvalue weighted by atomic mass is 9.45. The highest BCUT2D eigenvalue weighted by Crippen LogP contribution is 2.82. The molecular formula is C39H54O5. The van der Waals surface area contributed by atoms with Gasteiger partial charge in [-0.3, -0.25) is 0 Å². The second-order valence-electron chi connectivity index (χ2n) is 16.2. The van der Waals surface area contributed by atoms with Gasteiger partial charge in [0.25, 0.3) is 0 Å². The molecule has 0 N–H and O–H groups in total.